The molecule has 1 aromatic heterocycles. The number of rotatable bonds is 7. The molecule has 3 aliphatic rings. The van der Waals surface area contributed by atoms with Crippen LogP contribution in [0.15, 0.2) is 6.20 Å². The Hall–Kier alpha value is -2.42. The van der Waals surface area contributed by atoms with Crippen molar-refractivity contribution >= 4 is 29.3 Å². The Morgan fingerprint density at radius 2 is 1.94 bits per heavy atom. The van der Waals surface area contributed by atoms with Crippen molar-refractivity contribution in [2.45, 2.75) is 70.4 Å². The number of likely N-dealkylation sites (tertiary alicyclic amines) is 1. The third kappa shape index (κ3) is 4.53. The zero-order valence-corrected chi connectivity index (χ0v) is 19.4. The number of hydrogen-bond donors (Lipinski definition) is 2. The van der Waals surface area contributed by atoms with E-state index in [1.165, 1.54) is 12.8 Å². The molecule has 1 saturated carbocycles. The minimum absolute atomic E-state index is 0.0460. The van der Waals surface area contributed by atoms with Crippen LogP contribution in [0.3, 0.4) is 0 Å². The average molecular weight is 444 g/mol. The lowest BCUT2D eigenvalue weighted by molar-refractivity contribution is -0.131. The molecule has 3 N–H and O–H groups in total. The first-order valence-electron chi connectivity index (χ1n) is 12.2. The Labute approximate surface area is 190 Å². The number of likely N-dealkylation sites (N-methyl/N-ethyl adjacent to an activating group) is 1. The summed E-state index contributed by atoms with van der Waals surface area (Å²) in [7, 11) is 1.83. The summed E-state index contributed by atoms with van der Waals surface area (Å²) < 4.78 is 0. The number of piperidine rings is 1. The highest BCUT2D eigenvalue weighted by atomic mass is 16.2. The van der Waals surface area contributed by atoms with Gasteiger partial charge in [0.25, 0.3) is 0 Å². The quantitative estimate of drug-likeness (QED) is 0.663. The summed E-state index contributed by atoms with van der Waals surface area (Å²) in [6.07, 6.45) is 10.3. The fourth-order valence-electron chi connectivity index (χ4n) is 5.46. The van der Waals surface area contributed by atoms with Crippen LogP contribution in [0.1, 0.15) is 58.3 Å². The molecule has 1 atom stereocenters. The molecule has 176 valence electrons. The molecule has 1 saturated heterocycles. The van der Waals surface area contributed by atoms with Crippen LogP contribution in [0.4, 0.5) is 17.5 Å². The van der Waals surface area contributed by atoms with Crippen molar-refractivity contribution in [1.29, 1.82) is 0 Å². The van der Waals surface area contributed by atoms with E-state index >= 15 is 0 Å². The lowest BCUT2D eigenvalue weighted by Crippen LogP contribution is -2.55. The Kier molecular flexibility index (Phi) is 7.13. The SMILES string of the molecule is CCC1C(=O)N(C)c2cnc(NCCC3CCN(C(=O)CN)CC3)nc2N1C1CCCC1. The molecule has 0 aromatic carbocycles. The molecule has 2 aliphatic heterocycles. The van der Waals surface area contributed by atoms with E-state index in [0.717, 1.165) is 69.7 Å². The standard InChI is InChI=1S/C23H37N7O2/c1-3-18-22(32)28(2)19-15-26-23(27-21(19)30(18)17-6-4-5-7-17)25-11-8-16-9-12-29(13-10-16)20(31)14-24/h15-18H,3-14,24H2,1-2H3,(H,25,26,27). The smallest absolute Gasteiger partial charge is 0.249 e. The van der Waals surface area contributed by atoms with E-state index in [1.807, 2.05) is 11.9 Å². The van der Waals surface area contributed by atoms with Gasteiger partial charge in [-0.05, 0) is 44.4 Å². The second-order valence-electron chi connectivity index (χ2n) is 9.31. The second kappa shape index (κ2) is 10.0. The van der Waals surface area contributed by atoms with Gasteiger partial charge in [-0.2, -0.15) is 4.98 Å². The van der Waals surface area contributed by atoms with Crippen LogP contribution >= 0.6 is 0 Å². The molecular weight excluding hydrogens is 406 g/mol. The zero-order chi connectivity index (χ0) is 22.7. The lowest BCUT2D eigenvalue weighted by atomic mass is 9.93. The molecule has 0 radical (unpaired) electrons. The lowest BCUT2D eigenvalue weighted by Gasteiger charge is -2.43. The number of fused-ring (bicyclic) bond motifs is 1. The van der Waals surface area contributed by atoms with E-state index in [9.17, 15) is 9.59 Å². The number of nitrogens with zero attached hydrogens (tertiary/aromatic N) is 5. The first-order valence-corrected chi connectivity index (χ1v) is 12.2. The van der Waals surface area contributed by atoms with Gasteiger partial charge in [0.2, 0.25) is 17.8 Å². The van der Waals surface area contributed by atoms with Gasteiger partial charge >= 0.3 is 0 Å². The van der Waals surface area contributed by atoms with Gasteiger partial charge < -0.3 is 25.8 Å². The highest BCUT2D eigenvalue weighted by molar-refractivity contribution is 6.04. The summed E-state index contributed by atoms with van der Waals surface area (Å²) in [5.41, 5.74) is 6.27. The molecule has 0 spiro atoms. The first-order chi connectivity index (χ1) is 15.5. The summed E-state index contributed by atoms with van der Waals surface area (Å²) >= 11 is 0. The zero-order valence-electron chi connectivity index (χ0n) is 19.4. The molecule has 2 amide bonds. The molecular formula is C23H37N7O2. The van der Waals surface area contributed by atoms with E-state index in [2.05, 4.69) is 22.1 Å². The third-order valence-corrected chi connectivity index (χ3v) is 7.39. The monoisotopic (exact) mass is 443 g/mol. The van der Waals surface area contributed by atoms with Crippen molar-refractivity contribution in [2.24, 2.45) is 11.7 Å². The molecule has 3 heterocycles. The average Bonchev–Trinajstić information content (AvgIpc) is 3.35. The number of anilines is 3. The van der Waals surface area contributed by atoms with E-state index in [-0.39, 0.29) is 24.4 Å². The van der Waals surface area contributed by atoms with Gasteiger partial charge in [0, 0.05) is 32.7 Å². The first kappa shape index (κ1) is 22.8. The second-order valence-corrected chi connectivity index (χ2v) is 9.31. The van der Waals surface area contributed by atoms with Crippen molar-refractivity contribution in [1.82, 2.24) is 14.9 Å². The van der Waals surface area contributed by atoms with E-state index in [4.69, 9.17) is 10.7 Å². The minimum atomic E-state index is -0.153. The number of nitrogens with two attached hydrogens (primary N) is 1. The number of aromatic nitrogens is 2. The fraction of sp³-hybridized carbons (Fsp3) is 0.739. The van der Waals surface area contributed by atoms with Crippen molar-refractivity contribution in [3.05, 3.63) is 6.20 Å². The van der Waals surface area contributed by atoms with Crippen LogP contribution in [-0.2, 0) is 9.59 Å². The predicted molar refractivity (Wildman–Crippen MR) is 126 cm³/mol. The molecule has 32 heavy (non-hydrogen) atoms. The van der Waals surface area contributed by atoms with Crippen molar-refractivity contribution in [3.63, 3.8) is 0 Å². The van der Waals surface area contributed by atoms with Gasteiger partial charge in [-0.3, -0.25) is 9.59 Å². The summed E-state index contributed by atoms with van der Waals surface area (Å²) in [4.78, 5) is 40.0. The van der Waals surface area contributed by atoms with Crippen LogP contribution < -0.4 is 20.9 Å². The molecule has 1 unspecified atom stereocenters. The third-order valence-electron chi connectivity index (χ3n) is 7.39. The molecule has 1 aliphatic carbocycles. The van der Waals surface area contributed by atoms with Gasteiger partial charge in [-0.1, -0.05) is 19.8 Å². The maximum Gasteiger partial charge on any atom is 0.249 e. The minimum Gasteiger partial charge on any atom is -0.354 e. The number of carbonyl (C=O) groups excluding carboxylic acids is 2. The number of nitrogens with one attached hydrogen (secondary N) is 1. The Balaban J connectivity index is 1.41. The highest BCUT2D eigenvalue weighted by Gasteiger charge is 2.41. The topological polar surface area (TPSA) is 108 Å². The normalized spacial score (nSPS) is 22.4. The van der Waals surface area contributed by atoms with Gasteiger partial charge in [0.05, 0.1) is 12.7 Å². The van der Waals surface area contributed by atoms with Crippen molar-refractivity contribution < 1.29 is 9.59 Å². The number of amides is 2. The largest absolute Gasteiger partial charge is 0.354 e. The van der Waals surface area contributed by atoms with Crippen molar-refractivity contribution in [3.8, 4) is 0 Å². The van der Waals surface area contributed by atoms with Crippen LogP contribution in [0, 0.1) is 5.92 Å². The Morgan fingerprint density at radius 1 is 1.22 bits per heavy atom. The maximum absolute atomic E-state index is 13.0. The summed E-state index contributed by atoms with van der Waals surface area (Å²) in [6, 6.07) is 0.222. The maximum atomic E-state index is 13.0. The summed E-state index contributed by atoms with van der Waals surface area (Å²) in [5.74, 6) is 2.28. The molecule has 2 fully saturated rings. The van der Waals surface area contributed by atoms with Crippen LogP contribution in [0.5, 0.6) is 0 Å². The molecule has 0 bridgehead atoms. The molecule has 9 heteroatoms. The van der Waals surface area contributed by atoms with E-state index in [0.29, 0.717) is 17.9 Å². The summed E-state index contributed by atoms with van der Waals surface area (Å²) in [6.45, 7) is 4.57. The Bertz CT molecular complexity index is 819. The van der Waals surface area contributed by atoms with Gasteiger partial charge in [-0.25, -0.2) is 4.98 Å². The van der Waals surface area contributed by atoms with Gasteiger partial charge in [0.15, 0.2) is 5.82 Å². The van der Waals surface area contributed by atoms with Gasteiger partial charge in [0.1, 0.15) is 11.7 Å². The highest BCUT2D eigenvalue weighted by Crippen LogP contribution is 2.39. The van der Waals surface area contributed by atoms with Crippen LogP contribution in [0.25, 0.3) is 0 Å². The van der Waals surface area contributed by atoms with Crippen LogP contribution in [-0.4, -0.2) is 72.0 Å². The van der Waals surface area contributed by atoms with Crippen molar-refractivity contribution in [2.75, 3.05) is 48.3 Å². The summed E-state index contributed by atoms with van der Waals surface area (Å²) in [5, 5.41) is 3.40. The van der Waals surface area contributed by atoms with Crippen LogP contribution in [0.2, 0.25) is 0 Å². The number of carbonyl (C=O) groups is 2. The van der Waals surface area contributed by atoms with E-state index < -0.39 is 0 Å². The van der Waals surface area contributed by atoms with E-state index in [1.54, 1.807) is 11.1 Å². The number of hydrogen-bond acceptors (Lipinski definition) is 7. The molecule has 4 rings (SSSR count). The Morgan fingerprint density at radius 3 is 2.59 bits per heavy atom. The predicted octanol–water partition coefficient (Wildman–Crippen LogP) is 1.98. The molecule has 9 nitrogen and oxygen atoms in total. The van der Waals surface area contributed by atoms with Gasteiger partial charge in [-0.15, -0.1) is 0 Å². The molecule has 1 aromatic rings. The fourth-order valence-corrected chi connectivity index (χ4v) is 5.46.